The number of rotatable bonds is 7. The minimum Gasteiger partial charge on any atom is -0.351 e. The largest absolute Gasteiger partial charge is 0.351 e. The zero-order valence-electron chi connectivity index (χ0n) is 15.8. The first-order valence-corrected chi connectivity index (χ1v) is 8.42. The molecule has 3 N–H and O–H groups in total. The van der Waals surface area contributed by atoms with Crippen molar-refractivity contribution in [2.75, 3.05) is 6.54 Å². The number of hydrogen-bond donors (Lipinski definition) is 2. The normalized spacial score (nSPS) is 10.7. The first-order valence-electron chi connectivity index (χ1n) is 8.42. The Morgan fingerprint density at radius 3 is 2.31 bits per heavy atom. The lowest BCUT2D eigenvalue weighted by molar-refractivity contribution is -0.131. The van der Waals surface area contributed by atoms with Crippen molar-refractivity contribution in [2.24, 2.45) is 11.1 Å². The number of halogens is 2. The molecule has 0 radical (unpaired) electrons. The summed E-state index contributed by atoms with van der Waals surface area (Å²) in [7, 11) is 0. The highest BCUT2D eigenvalue weighted by atomic mass is 35.5. The van der Waals surface area contributed by atoms with Gasteiger partial charge in [-0.05, 0) is 44.4 Å². The van der Waals surface area contributed by atoms with E-state index in [1.165, 1.54) is 0 Å². The molecule has 0 bridgehead atoms. The zero-order chi connectivity index (χ0) is 17.7. The summed E-state index contributed by atoms with van der Waals surface area (Å²) in [5.74, 6) is 0.784. The lowest BCUT2D eigenvalue weighted by Gasteiger charge is -2.28. The molecule has 2 aromatic rings. The van der Waals surface area contributed by atoms with E-state index in [4.69, 9.17) is 5.73 Å². The van der Waals surface area contributed by atoms with E-state index >= 15 is 0 Å². The van der Waals surface area contributed by atoms with Gasteiger partial charge in [0, 0.05) is 25.0 Å². The van der Waals surface area contributed by atoms with Gasteiger partial charge < -0.3 is 11.1 Å². The third kappa shape index (κ3) is 5.19. The fourth-order valence-electron chi connectivity index (χ4n) is 2.83. The Morgan fingerprint density at radius 1 is 1.23 bits per heavy atom. The molecule has 2 rings (SSSR count). The Hall–Kier alpha value is -1.63. The van der Waals surface area contributed by atoms with Crippen LogP contribution in [-0.4, -0.2) is 27.2 Å². The summed E-state index contributed by atoms with van der Waals surface area (Å²) in [6.45, 7) is 8.77. The van der Waals surface area contributed by atoms with Crippen molar-refractivity contribution in [1.82, 2.24) is 20.1 Å². The maximum Gasteiger partial charge on any atom is 0.227 e. The first kappa shape index (κ1) is 24.4. The van der Waals surface area contributed by atoms with Crippen molar-refractivity contribution < 1.29 is 4.79 Å². The maximum absolute atomic E-state index is 12.4. The molecule has 0 saturated heterocycles. The molecule has 26 heavy (non-hydrogen) atoms. The Kier molecular flexibility index (Phi) is 9.84. The van der Waals surface area contributed by atoms with Gasteiger partial charge in [0.15, 0.2) is 5.82 Å². The number of carbonyl (C=O) groups excluding carboxylic acids is 1. The van der Waals surface area contributed by atoms with Crippen LogP contribution in [0.1, 0.15) is 43.6 Å². The number of nitrogens with one attached hydrogen (secondary N) is 1. The second-order valence-electron chi connectivity index (χ2n) is 6.24. The summed E-state index contributed by atoms with van der Waals surface area (Å²) >= 11 is 0. The van der Waals surface area contributed by atoms with Crippen LogP contribution < -0.4 is 11.1 Å². The maximum atomic E-state index is 12.4. The molecule has 0 fully saturated rings. The van der Waals surface area contributed by atoms with Gasteiger partial charge in [0.2, 0.25) is 5.91 Å². The molecule has 0 unspecified atom stereocenters. The van der Waals surface area contributed by atoms with Crippen LogP contribution in [-0.2, 0) is 11.3 Å². The van der Waals surface area contributed by atoms with Crippen molar-refractivity contribution >= 4 is 30.7 Å². The molecule has 0 aliphatic carbocycles. The van der Waals surface area contributed by atoms with Gasteiger partial charge >= 0.3 is 0 Å². The summed E-state index contributed by atoms with van der Waals surface area (Å²) in [6, 6.07) is 5.88. The number of aryl methyl sites for hydroxylation is 2. The van der Waals surface area contributed by atoms with Gasteiger partial charge in [-0.15, -0.1) is 24.8 Å². The van der Waals surface area contributed by atoms with Crippen molar-refractivity contribution in [3.63, 3.8) is 0 Å². The average Bonchev–Trinajstić information content (AvgIpc) is 2.94. The quantitative estimate of drug-likeness (QED) is 0.745. The molecule has 2 heterocycles. The molecule has 2 aromatic heterocycles. The van der Waals surface area contributed by atoms with E-state index in [0.717, 1.165) is 35.6 Å². The molecular weight excluding hydrogens is 373 g/mol. The molecule has 0 aliphatic heterocycles. The number of nitrogens with zero attached hydrogens (tertiary/aromatic N) is 3. The van der Waals surface area contributed by atoms with Gasteiger partial charge in [-0.2, -0.15) is 5.10 Å². The van der Waals surface area contributed by atoms with Crippen LogP contribution in [0.15, 0.2) is 24.4 Å². The summed E-state index contributed by atoms with van der Waals surface area (Å²) in [4.78, 5) is 16.9. The average molecular weight is 402 g/mol. The molecule has 0 aromatic carbocycles. The molecule has 8 heteroatoms. The van der Waals surface area contributed by atoms with E-state index in [2.05, 4.69) is 15.4 Å². The summed E-state index contributed by atoms with van der Waals surface area (Å²) in [5, 5.41) is 7.41. The minimum atomic E-state index is -0.475. The van der Waals surface area contributed by atoms with E-state index in [-0.39, 0.29) is 30.7 Å². The standard InChI is InChI=1S/C18H27N5O.2ClH/c1-5-18(6-2,12-19)17(24)21-11-15-7-8-16(20-10-15)23-14(4)9-13(3)22-23;;/h7-10H,5-6,11-12,19H2,1-4H3,(H,21,24);2*1H. The van der Waals surface area contributed by atoms with Crippen molar-refractivity contribution in [3.8, 4) is 5.82 Å². The monoisotopic (exact) mass is 401 g/mol. The Labute approximate surface area is 167 Å². The summed E-state index contributed by atoms with van der Waals surface area (Å²) in [6.07, 6.45) is 3.25. The Bertz CT molecular complexity index is 688. The van der Waals surface area contributed by atoms with Gasteiger partial charge in [0.05, 0.1) is 11.1 Å². The van der Waals surface area contributed by atoms with Crippen molar-refractivity contribution in [2.45, 2.75) is 47.1 Å². The van der Waals surface area contributed by atoms with Crippen LogP contribution >= 0.6 is 24.8 Å². The van der Waals surface area contributed by atoms with Gasteiger partial charge in [-0.3, -0.25) is 4.79 Å². The second-order valence-corrected chi connectivity index (χ2v) is 6.24. The number of hydrogen-bond acceptors (Lipinski definition) is 4. The van der Waals surface area contributed by atoms with E-state index in [1.807, 2.05) is 50.6 Å². The lowest BCUT2D eigenvalue weighted by atomic mass is 9.81. The Morgan fingerprint density at radius 2 is 1.88 bits per heavy atom. The number of carbonyl (C=O) groups is 1. The number of amides is 1. The van der Waals surface area contributed by atoms with Crippen LogP contribution in [0.25, 0.3) is 5.82 Å². The third-order valence-electron chi connectivity index (χ3n) is 4.71. The fourth-order valence-corrected chi connectivity index (χ4v) is 2.83. The van der Waals surface area contributed by atoms with Gasteiger partial charge in [0.1, 0.15) is 0 Å². The zero-order valence-corrected chi connectivity index (χ0v) is 17.4. The second kappa shape index (κ2) is 10.5. The highest BCUT2D eigenvalue weighted by Crippen LogP contribution is 2.25. The summed E-state index contributed by atoms with van der Waals surface area (Å²) in [5.41, 5.74) is 8.29. The molecule has 0 aliphatic rings. The SMILES string of the molecule is CCC(CC)(CN)C(=O)NCc1ccc(-n2nc(C)cc2C)nc1.Cl.Cl. The van der Waals surface area contributed by atoms with Crippen molar-refractivity contribution in [3.05, 3.63) is 41.3 Å². The molecule has 146 valence electrons. The first-order chi connectivity index (χ1) is 11.5. The van der Waals surface area contributed by atoms with Crippen molar-refractivity contribution in [1.29, 1.82) is 0 Å². The molecular formula is C18H29Cl2N5O. The predicted octanol–water partition coefficient (Wildman–Crippen LogP) is 3.11. The molecule has 6 nitrogen and oxygen atoms in total. The number of aromatic nitrogens is 3. The molecule has 1 amide bonds. The smallest absolute Gasteiger partial charge is 0.227 e. The highest BCUT2D eigenvalue weighted by Gasteiger charge is 2.32. The van der Waals surface area contributed by atoms with Crippen LogP contribution in [0, 0.1) is 19.3 Å². The highest BCUT2D eigenvalue weighted by molar-refractivity contribution is 5.85. The van der Waals surface area contributed by atoms with Crippen LogP contribution in [0.2, 0.25) is 0 Å². The topological polar surface area (TPSA) is 85.8 Å². The van der Waals surface area contributed by atoms with E-state index in [9.17, 15) is 4.79 Å². The van der Waals surface area contributed by atoms with E-state index in [1.54, 1.807) is 6.20 Å². The van der Waals surface area contributed by atoms with Gasteiger partial charge in [-0.1, -0.05) is 19.9 Å². The van der Waals surface area contributed by atoms with Gasteiger partial charge in [0.25, 0.3) is 0 Å². The molecule has 0 atom stereocenters. The van der Waals surface area contributed by atoms with E-state index < -0.39 is 5.41 Å². The minimum absolute atomic E-state index is 0. The van der Waals surface area contributed by atoms with Crippen LogP contribution in [0.3, 0.4) is 0 Å². The number of nitrogens with two attached hydrogens (primary N) is 1. The lowest BCUT2D eigenvalue weighted by Crippen LogP contribution is -2.45. The molecule has 0 spiro atoms. The van der Waals surface area contributed by atoms with Crippen LogP contribution in [0.4, 0.5) is 0 Å². The fraction of sp³-hybridized carbons (Fsp3) is 0.500. The van der Waals surface area contributed by atoms with E-state index in [0.29, 0.717) is 13.1 Å². The van der Waals surface area contributed by atoms with Crippen LogP contribution in [0.5, 0.6) is 0 Å². The summed E-state index contributed by atoms with van der Waals surface area (Å²) < 4.78 is 1.81. The molecule has 0 saturated carbocycles. The third-order valence-corrected chi connectivity index (χ3v) is 4.71. The Balaban J connectivity index is 0.00000312. The predicted molar refractivity (Wildman–Crippen MR) is 109 cm³/mol. The van der Waals surface area contributed by atoms with Gasteiger partial charge in [-0.25, -0.2) is 9.67 Å². The number of pyridine rings is 1.